The zero-order valence-corrected chi connectivity index (χ0v) is 13.8. The maximum absolute atomic E-state index is 12.2. The largest absolute Gasteiger partial charge is 0.455 e. The van der Waals surface area contributed by atoms with E-state index in [1.807, 2.05) is 19.9 Å². The van der Waals surface area contributed by atoms with Crippen LogP contribution < -0.4 is 0 Å². The topological polar surface area (TPSA) is 57.5 Å². The Bertz CT molecular complexity index is 545. The van der Waals surface area contributed by atoms with Gasteiger partial charge in [0.15, 0.2) is 12.7 Å². The van der Waals surface area contributed by atoms with Gasteiger partial charge in [-0.3, -0.25) is 4.79 Å². The van der Waals surface area contributed by atoms with E-state index in [9.17, 15) is 9.59 Å². The lowest BCUT2D eigenvalue weighted by Gasteiger charge is -2.11. The zero-order chi connectivity index (χ0) is 16.7. The quantitative estimate of drug-likeness (QED) is 0.400. The molecule has 0 aliphatic heterocycles. The summed E-state index contributed by atoms with van der Waals surface area (Å²) in [5, 5.41) is 0. The monoisotopic (exact) mass is 307 g/mol. The minimum Gasteiger partial charge on any atom is -0.455 e. The molecule has 0 saturated heterocycles. The first-order valence-electron chi connectivity index (χ1n) is 7.51. The Labute approximate surface area is 131 Å². The fourth-order valence-corrected chi connectivity index (χ4v) is 2.26. The van der Waals surface area contributed by atoms with Crippen molar-refractivity contribution in [2.24, 2.45) is 0 Å². The maximum atomic E-state index is 12.2. The van der Waals surface area contributed by atoms with Crippen molar-refractivity contribution < 1.29 is 19.1 Å². The second-order valence-electron chi connectivity index (χ2n) is 5.23. The first-order valence-corrected chi connectivity index (χ1v) is 7.51. The van der Waals surface area contributed by atoms with Gasteiger partial charge in [0.05, 0.1) is 6.61 Å². The summed E-state index contributed by atoms with van der Waals surface area (Å²) < 4.78 is 12.3. The molecule has 5 heteroatoms. The summed E-state index contributed by atoms with van der Waals surface area (Å²) in [6, 6.07) is 1.85. The Morgan fingerprint density at radius 2 is 2.09 bits per heavy atom. The van der Waals surface area contributed by atoms with Crippen molar-refractivity contribution in [3.63, 3.8) is 0 Å². The van der Waals surface area contributed by atoms with Gasteiger partial charge in [0.25, 0.3) is 0 Å². The minimum atomic E-state index is -0.710. The molecular weight excluding hydrogens is 282 g/mol. The summed E-state index contributed by atoms with van der Waals surface area (Å²) in [5.41, 5.74) is 2.56. The number of ether oxygens (including phenoxy) is 2. The summed E-state index contributed by atoms with van der Waals surface area (Å²) in [4.78, 5) is 23.9. The van der Waals surface area contributed by atoms with Crippen LogP contribution >= 0.6 is 0 Å². The van der Waals surface area contributed by atoms with Crippen molar-refractivity contribution in [3.8, 4) is 0 Å². The van der Waals surface area contributed by atoms with E-state index in [1.165, 1.54) is 0 Å². The summed E-state index contributed by atoms with van der Waals surface area (Å²) in [7, 11) is 0. The van der Waals surface area contributed by atoms with Gasteiger partial charge < -0.3 is 14.0 Å². The lowest BCUT2D eigenvalue weighted by Crippen LogP contribution is -2.26. The first-order chi connectivity index (χ1) is 10.4. The van der Waals surface area contributed by atoms with Crippen LogP contribution in [0.2, 0.25) is 0 Å². The van der Waals surface area contributed by atoms with Crippen LogP contribution in [0.1, 0.15) is 42.0 Å². The third kappa shape index (κ3) is 4.56. The number of Topliss-reactive ketones (excluding diaryl/α,β-unsaturated/α-hetero) is 1. The van der Waals surface area contributed by atoms with Crippen LogP contribution in [0.15, 0.2) is 18.7 Å². The van der Waals surface area contributed by atoms with Crippen LogP contribution in [-0.4, -0.2) is 35.6 Å². The number of carbonyl (C=O) groups excluding carboxylic acids is 2. The minimum absolute atomic E-state index is 0.195. The van der Waals surface area contributed by atoms with Gasteiger partial charge in [0.2, 0.25) is 5.78 Å². The number of aromatic nitrogens is 1. The Morgan fingerprint density at radius 1 is 1.41 bits per heavy atom. The Hall–Kier alpha value is -1.88. The Balaban J connectivity index is 2.64. The molecule has 0 radical (unpaired) electrons. The molecule has 1 aromatic heterocycles. The average Bonchev–Trinajstić information content (AvgIpc) is 2.78. The molecule has 22 heavy (non-hydrogen) atoms. The van der Waals surface area contributed by atoms with Gasteiger partial charge in [0, 0.05) is 23.5 Å². The number of rotatable bonds is 9. The maximum Gasteiger partial charge on any atom is 0.335 e. The van der Waals surface area contributed by atoms with Crippen molar-refractivity contribution in [1.82, 2.24) is 4.57 Å². The van der Waals surface area contributed by atoms with Crippen LogP contribution in [0.25, 0.3) is 0 Å². The SMILES string of the molecule is C=CCOC(C)C(=O)OCC(=O)c1cc(C)n(CCC)c1C. The standard InChI is InChI=1S/C17H25NO4/c1-6-8-18-12(3)10-15(13(18)4)16(19)11-22-17(20)14(5)21-9-7-2/h7,10,14H,2,6,8-9,11H2,1,3-5H3. The predicted molar refractivity (Wildman–Crippen MR) is 85.1 cm³/mol. The number of hydrogen-bond donors (Lipinski definition) is 0. The van der Waals surface area contributed by atoms with Gasteiger partial charge in [-0.1, -0.05) is 13.0 Å². The molecule has 0 spiro atoms. The molecule has 5 nitrogen and oxygen atoms in total. The van der Waals surface area contributed by atoms with Gasteiger partial charge in [-0.25, -0.2) is 4.79 Å². The molecule has 1 heterocycles. The highest BCUT2D eigenvalue weighted by Gasteiger charge is 2.19. The first kappa shape index (κ1) is 18.2. The van der Waals surface area contributed by atoms with Crippen LogP contribution in [0.3, 0.4) is 0 Å². The molecule has 1 rings (SSSR count). The molecule has 1 atom stereocenters. The number of ketones is 1. The van der Waals surface area contributed by atoms with Crippen molar-refractivity contribution in [2.45, 2.75) is 46.8 Å². The van der Waals surface area contributed by atoms with E-state index in [2.05, 4.69) is 18.1 Å². The van der Waals surface area contributed by atoms with E-state index >= 15 is 0 Å². The molecule has 0 aliphatic carbocycles. The number of hydrogen-bond acceptors (Lipinski definition) is 4. The fraction of sp³-hybridized carbons (Fsp3) is 0.529. The van der Waals surface area contributed by atoms with E-state index in [-0.39, 0.29) is 19.0 Å². The molecule has 0 saturated carbocycles. The summed E-state index contributed by atoms with van der Waals surface area (Å²) in [6.45, 7) is 11.9. The van der Waals surface area contributed by atoms with Crippen LogP contribution in [0.5, 0.6) is 0 Å². The van der Waals surface area contributed by atoms with Crippen molar-refractivity contribution in [1.29, 1.82) is 0 Å². The fourth-order valence-electron chi connectivity index (χ4n) is 2.26. The third-order valence-corrected chi connectivity index (χ3v) is 3.46. The lowest BCUT2D eigenvalue weighted by molar-refractivity contribution is -0.154. The van der Waals surface area contributed by atoms with E-state index in [1.54, 1.807) is 13.0 Å². The number of nitrogens with zero attached hydrogens (tertiary/aromatic N) is 1. The summed E-state index contributed by atoms with van der Waals surface area (Å²) in [5.74, 6) is -0.739. The molecule has 0 fully saturated rings. The van der Waals surface area contributed by atoms with Gasteiger partial charge >= 0.3 is 5.97 Å². The van der Waals surface area contributed by atoms with Gasteiger partial charge in [0.1, 0.15) is 0 Å². The Morgan fingerprint density at radius 3 is 2.68 bits per heavy atom. The van der Waals surface area contributed by atoms with Crippen LogP contribution in [-0.2, 0) is 20.8 Å². The summed E-state index contributed by atoms with van der Waals surface area (Å²) in [6.07, 6.45) is 1.84. The molecule has 0 amide bonds. The highest BCUT2D eigenvalue weighted by Crippen LogP contribution is 2.16. The van der Waals surface area contributed by atoms with Crippen LogP contribution in [0.4, 0.5) is 0 Å². The molecular formula is C17H25NO4. The molecule has 0 bridgehead atoms. The zero-order valence-electron chi connectivity index (χ0n) is 13.8. The van der Waals surface area contributed by atoms with Crippen molar-refractivity contribution in [2.75, 3.05) is 13.2 Å². The molecule has 1 aromatic rings. The number of carbonyl (C=O) groups is 2. The highest BCUT2D eigenvalue weighted by atomic mass is 16.6. The van der Waals surface area contributed by atoms with Gasteiger partial charge in [-0.15, -0.1) is 6.58 Å². The third-order valence-electron chi connectivity index (χ3n) is 3.46. The lowest BCUT2D eigenvalue weighted by atomic mass is 10.1. The highest BCUT2D eigenvalue weighted by molar-refractivity contribution is 5.99. The van der Waals surface area contributed by atoms with Crippen LogP contribution in [0, 0.1) is 13.8 Å². The number of aryl methyl sites for hydroxylation is 1. The predicted octanol–water partition coefficient (Wildman–Crippen LogP) is 2.83. The van der Waals surface area contributed by atoms with Gasteiger partial charge in [-0.05, 0) is 33.3 Å². The summed E-state index contributed by atoms with van der Waals surface area (Å²) >= 11 is 0. The molecule has 0 aliphatic rings. The average molecular weight is 307 g/mol. The van der Waals surface area contributed by atoms with Gasteiger partial charge in [-0.2, -0.15) is 0 Å². The molecule has 0 N–H and O–H groups in total. The van der Waals surface area contributed by atoms with E-state index in [0.717, 1.165) is 24.4 Å². The Kier molecular flexibility index (Phi) is 7.05. The smallest absolute Gasteiger partial charge is 0.335 e. The molecule has 122 valence electrons. The second-order valence-corrected chi connectivity index (χ2v) is 5.23. The van der Waals surface area contributed by atoms with E-state index in [4.69, 9.17) is 9.47 Å². The van der Waals surface area contributed by atoms with Crippen molar-refractivity contribution >= 4 is 11.8 Å². The molecule has 0 aromatic carbocycles. The van der Waals surface area contributed by atoms with E-state index in [0.29, 0.717) is 5.56 Å². The normalized spacial score (nSPS) is 12.0. The van der Waals surface area contributed by atoms with E-state index < -0.39 is 12.1 Å². The van der Waals surface area contributed by atoms with Crippen molar-refractivity contribution in [3.05, 3.63) is 35.7 Å². The second kappa shape index (κ2) is 8.54. The number of esters is 1. The molecule has 1 unspecified atom stereocenters.